The van der Waals surface area contributed by atoms with Crippen LogP contribution >= 0.6 is 31.9 Å². The highest BCUT2D eigenvalue weighted by atomic mass is 79.9. The van der Waals surface area contributed by atoms with Crippen molar-refractivity contribution >= 4 is 61.2 Å². The van der Waals surface area contributed by atoms with Crippen LogP contribution in [-0.2, 0) is 23.9 Å². The second-order valence-corrected chi connectivity index (χ2v) is 10.0. The number of hydrogen-bond acceptors (Lipinski definition) is 6. The molecule has 2 saturated carbocycles. The summed E-state index contributed by atoms with van der Waals surface area (Å²) in [7, 11) is 0. The zero-order valence-electron chi connectivity index (χ0n) is 16.8. The number of fused-ring (bicyclic) bond motifs is 5. The van der Waals surface area contributed by atoms with Gasteiger partial charge >= 0.3 is 5.97 Å². The predicted molar refractivity (Wildman–Crippen MR) is 118 cm³/mol. The van der Waals surface area contributed by atoms with E-state index >= 15 is 0 Å². The van der Waals surface area contributed by atoms with E-state index in [-0.39, 0.29) is 45.1 Å². The number of carbonyl (C=O) groups is 4. The number of likely N-dealkylation sites (tertiary alicyclic amines) is 1. The topological polar surface area (TPSA) is 102 Å². The fourth-order valence-corrected chi connectivity index (χ4v) is 6.76. The van der Waals surface area contributed by atoms with E-state index in [2.05, 4.69) is 37.2 Å². The number of nitrogens with one attached hydrogen (secondary N) is 1. The Morgan fingerprint density at radius 2 is 1.65 bits per heavy atom. The Morgan fingerprint density at radius 1 is 1.06 bits per heavy atom. The van der Waals surface area contributed by atoms with E-state index in [9.17, 15) is 19.2 Å². The van der Waals surface area contributed by atoms with Gasteiger partial charge in [-0.2, -0.15) is 0 Å². The molecule has 3 fully saturated rings. The predicted octanol–water partition coefficient (Wildman–Crippen LogP) is 2.34. The minimum atomic E-state index is -0.790. The molecule has 10 heteroatoms. The van der Waals surface area contributed by atoms with Crippen LogP contribution < -0.4 is 10.1 Å². The summed E-state index contributed by atoms with van der Waals surface area (Å²) < 4.78 is 10.3. The van der Waals surface area contributed by atoms with Crippen molar-refractivity contribution in [3.8, 4) is 5.75 Å². The third kappa shape index (κ3) is 4.11. The first-order valence-electron chi connectivity index (χ1n) is 10.1. The highest BCUT2D eigenvalue weighted by Gasteiger charge is 2.66. The molecule has 31 heavy (non-hydrogen) atoms. The van der Waals surface area contributed by atoms with Gasteiger partial charge in [-0.15, -0.1) is 0 Å². The van der Waals surface area contributed by atoms with Crippen LogP contribution in [0.3, 0.4) is 0 Å². The molecule has 0 aromatic heterocycles. The number of carbonyl (C=O) groups excluding carboxylic acids is 4. The average molecular weight is 558 g/mol. The van der Waals surface area contributed by atoms with E-state index in [0.717, 1.165) is 11.3 Å². The summed E-state index contributed by atoms with van der Waals surface area (Å²) in [6, 6.07) is 6.78. The van der Waals surface area contributed by atoms with Crippen LogP contribution in [0.1, 0.15) is 13.3 Å². The lowest BCUT2D eigenvalue weighted by molar-refractivity contribution is -0.154. The van der Waals surface area contributed by atoms with Crippen LogP contribution in [0.5, 0.6) is 5.75 Å². The number of nitrogens with zero attached hydrogens (tertiary/aromatic N) is 1. The van der Waals surface area contributed by atoms with Crippen molar-refractivity contribution in [1.29, 1.82) is 0 Å². The minimum Gasteiger partial charge on any atom is -0.494 e. The van der Waals surface area contributed by atoms with E-state index in [1.165, 1.54) is 0 Å². The molecular formula is C21H22Br2N2O6. The third-order valence-electron chi connectivity index (χ3n) is 6.18. The molecule has 166 valence electrons. The Labute approximate surface area is 196 Å². The Hall–Kier alpha value is -1.94. The van der Waals surface area contributed by atoms with Crippen LogP contribution in [0.2, 0.25) is 0 Å². The van der Waals surface area contributed by atoms with Crippen molar-refractivity contribution in [2.75, 3.05) is 25.1 Å². The van der Waals surface area contributed by atoms with Gasteiger partial charge in [0.2, 0.25) is 11.8 Å². The van der Waals surface area contributed by atoms with Gasteiger partial charge in [-0.05, 0) is 49.4 Å². The Balaban J connectivity index is 1.28. The van der Waals surface area contributed by atoms with Crippen LogP contribution in [0.25, 0.3) is 0 Å². The first-order chi connectivity index (χ1) is 14.8. The molecule has 1 heterocycles. The van der Waals surface area contributed by atoms with Gasteiger partial charge in [0.25, 0.3) is 5.91 Å². The molecule has 2 aliphatic carbocycles. The van der Waals surface area contributed by atoms with E-state index in [1.54, 1.807) is 24.3 Å². The van der Waals surface area contributed by atoms with Crippen LogP contribution in [-0.4, -0.2) is 58.0 Å². The molecule has 6 atom stereocenters. The number of halogens is 2. The molecule has 3 amide bonds. The number of amides is 3. The number of anilines is 1. The van der Waals surface area contributed by atoms with E-state index in [0.29, 0.717) is 18.0 Å². The lowest BCUT2D eigenvalue weighted by Gasteiger charge is -2.28. The number of hydrogen-bond donors (Lipinski definition) is 1. The van der Waals surface area contributed by atoms with Gasteiger partial charge < -0.3 is 14.8 Å². The quantitative estimate of drug-likeness (QED) is 0.314. The molecule has 1 aliphatic heterocycles. The van der Waals surface area contributed by atoms with E-state index in [4.69, 9.17) is 9.47 Å². The maximum absolute atomic E-state index is 12.8. The first-order valence-corrected chi connectivity index (χ1v) is 12.0. The van der Waals surface area contributed by atoms with Gasteiger partial charge in [-0.1, -0.05) is 31.9 Å². The van der Waals surface area contributed by atoms with Gasteiger partial charge in [0.1, 0.15) is 12.3 Å². The molecule has 1 aromatic rings. The summed E-state index contributed by atoms with van der Waals surface area (Å²) in [5.74, 6) is -1.87. The summed E-state index contributed by atoms with van der Waals surface area (Å²) in [5, 5.41) is 2.61. The van der Waals surface area contributed by atoms with Crippen LogP contribution in [0.15, 0.2) is 24.3 Å². The highest BCUT2D eigenvalue weighted by molar-refractivity contribution is 9.12. The SMILES string of the molecule is CCOc1ccc(NC(=O)COC(=O)CN2C(=O)[C@@H]3[C@H]4C[C@@H]([C@@H](Br)[C@H]4Br)[C@H]3C2=O)cc1. The van der Waals surface area contributed by atoms with Gasteiger partial charge in [0, 0.05) is 15.3 Å². The first kappa shape index (κ1) is 22.3. The molecule has 4 rings (SSSR count). The molecule has 0 spiro atoms. The second kappa shape index (κ2) is 8.90. The standard InChI is InChI=1S/C21H22Br2N2O6/c1-2-30-11-5-3-10(4-6-11)24-14(26)9-31-15(27)8-25-20(28)16-12-7-13(17(16)21(25)29)19(23)18(12)22/h3-6,12-13,16-19H,2,7-9H2,1H3,(H,24,26)/t12-,13-,16-,17-,18-,19+/m1/s1. The number of alkyl halides is 2. The molecule has 8 nitrogen and oxygen atoms in total. The highest BCUT2D eigenvalue weighted by Crippen LogP contribution is 2.60. The van der Waals surface area contributed by atoms with Crippen LogP contribution in [0.4, 0.5) is 5.69 Å². The smallest absolute Gasteiger partial charge is 0.326 e. The number of imide groups is 1. The third-order valence-corrected chi connectivity index (χ3v) is 9.39. The average Bonchev–Trinajstić information content (AvgIpc) is 3.35. The summed E-state index contributed by atoms with van der Waals surface area (Å²) in [6.45, 7) is 1.44. The van der Waals surface area contributed by atoms with Gasteiger partial charge in [0.15, 0.2) is 6.61 Å². The molecule has 3 aliphatic rings. The summed E-state index contributed by atoms with van der Waals surface area (Å²) in [4.78, 5) is 51.1. The fourth-order valence-electron chi connectivity index (χ4n) is 4.89. The Kier molecular flexibility index (Phi) is 6.39. The minimum absolute atomic E-state index is 0.0803. The molecule has 0 radical (unpaired) electrons. The van der Waals surface area contributed by atoms with E-state index in [1.807, 2.05) is 6.92 Å². The number of benzene rings is 1. The Bertz CT molecular complexity index is 876. The van der Waals surface area contributed by atoms with Crippen molar-refractivity contribution in [2.45, 2.75) is 23.0 Å². The largest absolute Gasteiger partial charge is 0.494 e. The van der Waals surface area contributed by atoms with Gasteiger partial charge in [0.05, 0.1) is 18.4 Å². The maximum atomic E-state index is 12.8. The molecule has 0 unspecified atom stereocenters. The normalized spacial score (nSPS) is 31.0. The summed E-state index contributed by atoms with van der Waals surface area (Å²) in [5.41, 5.74) is 0.534. The van der Waals surface area contributed by atoms with Crippen LogP contribution in [0, 0.1) is 23.7 Å². The van der Waals surface area contributed by atoms with Crippen molar-refractivity contribution in [3.63, 3.8) is 0 Å². The maximum Gasteiger partial charge on any atom is 0.326 e. The van der Waals surface area contributed by atoms with Crippen molar-refractivity contribution < 1.29 is 28.7 Å². The van der Waals surface area contributed by atoms with E-state index < -0.39 is 25.0 Å². The number of esters is 1. The Morgan fingerprint density at radius 3 is 2.19 bits per heavy atom. The summed E-state index contributed by atoms with van der Waals surface area (Å²) >= 11 is 7.25. The number of ether oxygens (including phenoxy) is 2. The molecular weight excluding hydrogens is 536 g/mol. The van der Waals surface area contributed by atoms with Crippen molar-refractivity contribution in [1.82, 2.24) is 4.90 Å². The zero-order valence-corrected chi connectivity index (χ0v) is 19.9. The molecule has 1 aromatic carbocycles. The fraction of sp³-hybridized carbons (Fsp3) is 0.524. The van der Waals surface area contributed by atoms with Gasteiger partial charge in [-0.3, -0.25) is 24.1 Å². The molecule has 1 N–H and O–H groups in total. The molecule has 2 bridgehead atoms. The monoisotopic (exact) mass is 556 g/mol. The second-order valence-electron chi connectivity index (χ2n) is 7.93. The molecule has 1 saturated heterocycles. The summed E-state index contributed by atoms with van der Waals surface area (Å²) in [6.07, 6.45) is 0.822. The lowest BCUT2D eigenvalue weighted by Crippen LogP contribution is -2.38. The number of rotatable bonds is 7. The van der Waals surface area contributed by atoms with Crippen molar-refractivity contribution in [2.24, 2.45) is 23.7 Å². The van der Waals surface area contributed by atoms with Crippen molar-refractivity contribution in [3.05, 3.63) is 24.3 Å². The van der Waals surface area contributed by atoms with Gasteiger partial charge in [-0.25, -0.2) is 0 Å². The zero-order chi connectivity index (χ0) is 22.3. The lowest BCUT2D eigenvalue weighted by atomic mass is 9.81.